The first-order valence-corrected chi connectivity index (χ1v) is 9.60. The number of pyridine rings is 1. The van der Waals surface area contributed by atoms with Crippen molar-refractivity contribution in [2.75, 3.05) is 20.3 Å². The van der Waals surface area contributed by atoms with Crippen molar-refractivity contribution in [3.05, 3.63) is 75.2 Å². The van der Waals surface area contributed by atoms with Crippen molar-refractivity contribution < 1.29 is 14.3 Å². The van der Waals surface area contributed by atoms with Gasteiger partial charge in [0, 0.05) is 19.9 Å². The van der Waals surface area contributed by atoms with Crippen LogP contribution in [-0.2, 0) is 9.53 Å². The van der Waals surface area contributed by atoms with Gasteiger partial charge in [-0.25, -0.2) is 0 Å². The number of nitrogens with one attached hydrogen (secondary N) is 1. The molecule has 0 saturated carbocycles. The molecule has 0 aliphatic heterocycles. The van der Waals surface area contributed by atoms with Gasteiger partial charge >= 0.3 is 0 Å². The van der Waals surface area contributed by atoms with Crippen LogP contribution in [0.4, 0.5) is 0 Å². The molecule has 0 saturated heterocycles. The zero-order valence-electron chi connectivity index (χ0n) is 17.5. The number of hydrogen-bond acceptors (Lipinski definition) is 6. The van der Waals surface area contributed by atoms with Crippen LogP contribution in [0.5, 0.6) is 11.6 Å². The van der Waals surface area contributed by atoms with E-state index in [4.69, 9.17) is 9.47 Å². The highest BCUT2D eigenvalue weighted by Gasteiger charge is 2.18. The third-order valence-electron chi connectivity index (χ3n) is 4.50. The fourth-order valence-electron chi connectivity index (χ4n) is 2.94. The first-order valence-electron chi connectivity index (χ1n) is 9.60. The summed E-state index contributed by atoms with van der Waals surface area (Å²) in [6.45, 7) is 4.27. The van der Waals surface area contributed by atoms with Gasteiger partial charge in [0.2, 0.25) is 5.88 Å². The van der Waals surface area contributed by atoms with Gasteiger partial charge in [-0.05, 0) is 49.2 Å². The van der Waals surface area contributed by atoms with Crippen molar-refractivity contribution in [3.8, 4) is 17.7 Å². The molecule has 0 spiro atoms. The van der Waals surface area contributed by atoms with Crippen LogP contribution >= 0.6 is 0 Å². The maximum Gasteiger partial charge on any atom is 0.269 e. The lowest BCUT2D eigenvalue weighted by molar-refractivity contribution is -0.117. The highest BCUT2D eigenvalue weighted by molar-refractivity contribution is 6.01. The van der Waals surface area contributed by atoms with Crippen molar-refractivity contribution in [2.24, 2.45) is 0 Å². The molecule has 0 bridgehead atoms. The SMILES string of the molecule is COCCNC(=O)C(C#N)=Cc1c(Oc2cccc(C)c2)nc2c(C)cccn2c1=O. The van der Waals surface area contributed by atoms with E-state index < -0.39 is 11.5 Å². The van der Waals surface area contributed by atoms with Gasteiger partial charge in [-0.2, -0.15) is 10.2 Å². The van der Waals surface area contributed by atoms with E-state index in [9.17, 15) is 14.9 Å². The number of hydrogen-bond donors (Lipinski definition) is 1. The molecule has 8 nitrogen and oxygen atoms in total. The number of ether oxygens (including phenoxy) is 2. The van der Waals surface area contributed by atoms with Gasteiger partial charge in [0.25, 0.3) is 11.5 Å². The summed E-state index contributed by atoms with van der Waals surface area (Å²) in [7, 11) is 1.51. The van der Waals surface area contributed by atoms with E-state index in [0.29, 0.717) is 18.0 Å². The Morgan fingerprint density at radius 2 is 2.10 bits per heavy atom. The molecule has 0 aliphatic rings. The number of methoxy groups -OCH3 is 1. The molecule has 31 heavy (non-hydrogen) atoms. The number of nitrogens with zero attached hydrogens (tertiary/aromatic N) is 3. The normalized spacial score (nSPS) is 11.2. The second-order valence-electron chi connectivity index (χ2n) is 6.86. The number of benzene rings is 1. The zero-order valence-corrected chi connectivity index (χ0v) is 17.5. The third-order valence-corrected chi connectivity index (χ3v) is 4.50. The number of rotatable bonds is 7. The molecule has 1 aromatic carbocycles. The minimum Gasteiger partial charge on any atom is -0.438 e. The molecule has 1 amide bonds. The molecule has 0 atom stereocenters. The van der Waals surface area contributed by atoms with E-state index in [1.165, 1.54) is 17.6 Å². The number of carbonyl (C=O) groups excluding carboxylic acids is 1. The molecule has 0 radical (unpaired) electrons. The van der Waals surface area contributed by atoms with Gasteiger partial charge in [-0.3, -0.25) is 14.0 Å². The second-order valence-corrected chi connectivity index (χ2v) is 6.86. The van der Waals surface area contributed by atoms with Crippen molar-refractivity contribution in [1.29, 1.82) is 5.26 Å². The molecule has 2 heterocycles. The molecule has 3 rings (SSSR count). The highest BCUT2D eigenvalue weighted by Crippen LogP contribution is 2.25. The largest absolute Gasteiger partial charge is 0.438 e. The first-order chi connectivity index (χ1) is 14.9. The summed E-state index contributed by atoms with van der Waals surface area (Å²) in [6.07, 6.45) is 2.79. The smallest absolute Gasteiger partial charge is 0.269 e. The Labute approximate surface area is 179 Å². The van der Waals surface area contributed by atoms with Crippen LogP contribution in [0.2, 0.25) is 0 Å². The average molecular weight is 418 g/mol. The highest BCUT2D eigenvalue weighted by atomic mass is 16.5. The van der Waals surface area contributed by atoms with Crippen LogP contribution in [0.1, 0.15) is 16.7 Å². The number of fused-ring (bicyclic) bond motifs is 1. The van der Waals surface area contributed by atoms with Crippen LogP contribution in [0.25, 0.3) is 11.7 Å². The van der Waals surface area contributed by atoms with Crippen LogP contribution in [0, 0.1) is 25.2 Å². The minimum absolute atomic E-state index is 0.00282. The van der Waals surface area contributed by atoms with Gasteiger partial charge in [0.1, 0.15) is 28.6 Å². The zero-order chi connectivity index (χ0) is 22.4. The Morgan fingerprint density at radius 3 is 2.81 bits per heavy atom. The summed E-state index contributed by atoms with van der Waals surface area (Å²) in [5, 5.41) is 12.1. The van der Waals surface area contributed by atoms with Gasteiger partial charge in [0.05, 0.1) is 6.61 Å². The summed E-state index contributed by atoms with van der Waals surface area (Å²) in [6, 6.07) is 12.7. The fraction of sp³-hybridized carbons (Fsp3) is 0.217. The topological polar surface area (TPSA) is 106 Å². The molecule has 2 aromatic heterocycles. The number of aryl methyl sites for hydroxylation is 2. The van der Waals surface area contributed by atoms with E-state index in [2.05, 4.69) is 10.3 Å². The fourth-order valence-corrected chi connectivity index (χ4v) is 2.94. The number of carbonyl (C=O) groups is 1. The lowest BCUT2D eigenvalue weighted by Crippen LogP contribution is -2.28. The summed E-state index contributed by atoms with van der Waals surface area (Å²) >= 11 is 0. The van der Waals surface area contributed by atoms with Crippen LogP contribution < -0.4 is 15.6 Å². The van der Waals surface area contributed by atoms with Crippen molar-refractivity contribution in [1.82, 2.24) is 14.7 Å². The number of amides is 1. The lowest BCUT2D eigenvalue weighted by atomic mass is 10.1. The molecule has 158 valence electrons. The van der Waals surface area contributed by atoms with E-state index in [1.807, 2.05) is 38.1 Å². The first kappa shape index (κ1) is 21.7. The van der Waals surface area contributed by atoms with Crippen LogP contribution in [-0.4, -0.2) is 35.6 Å². The predicted octanol–water partition coefficient (Wildman–Crippen LogP) is 2.77. The third kappa shape index (κ3) is 4.97. The molecule has 3 aromatic rings. The Hall–Kier alpha value is -3.96. The molecule has 0 fully saturated rings. The van der Waals surface area contributed by atoms with Gasteiger partial charge < -0.3 is 14.8 Å². The summed E-state index contributed by atoms with van der Waals surface area (Å²) in [5.41, 5.74) is 1.49. The van der Waals surface area contributed by atoms with Crippen molar-refractivity contribution >= 4 is 17.6 Å². The molecular weight excluding hydrogens is 396 g/mol. The maximum absolute atomic E-state index is 13.2. The number of aromatic nitrogens is 2. The summed E-state index contributed by atoms with van der Waals surface area (Å²) < 4.78 is 12.2. The van der Waals surface area contributed by atoms with Crippen LogP contribution in [0.15, 0.2) is 53.0 Å². The lowest BCUT2D eigenvalue weighted by Gasteiger charge is -2.12. The molecule has 1 N–H and O–H groups in total. The van der Waals surface area contributed by atoms with Crippen molar-refractivity contribution in [2.45, 2.75) is 13.8 Å². The van der Waals surface area contributed by atoms with Gasteiger partial charge in [0.15, 0.2) is 0 Å². The minimum atomic E-state index is -0.616. The van der Waals surface area contributed by atoms with Gasteiger partial charge in [-0.15, -0.1) is 0 Å². The Bertz CT molecular complexity index is 1250. The Morgan fingerprint density at radius 1 is 1.29 bits per heavy atom. The van der Waals surface area contributed by atoms with E-state index in [-0.39, 0.29) is 23.6 Å². The molecule has 0 aliphatic carbocycles. The maximum atomic E-state index is 13.2. The average Bonchev–Trinajstić information content (AvgIpc) is 2.74. The number of nitriles is 1. The molecule has 0 unspecified atom stereocenters. The predicted molar refractivity (Wildman–Crippen MR) is 116 cm³/mol. The Balaban J connectivity index is 2.16. The second kappa shape index (κ2) is 9.69. The summed E-state index contributed by atoms with van der Waals surface area (Å²) in [4.78, 5) is 30.1. The van der Waals surface area contributed by atoms with Crippen LogP contribution in [0.3, 0.4) is 0 Å². The molecule has 8 heteroatoms. The van der Waals surface area contributed by atoms with E-state index in [0.717, 1.165) is 11.1 Å². The standard InChI is InChI=1S/C23H22N4O4/c1-15-6-4-8-18(12-15)31-22-19(13-17(14-24)21(28)25-9-11-30-3)23(29)27-10-5-7-16(2)20(27)26-22/h4-8,10,12-13H,9,11H2,1-3H3,(H,25,28). The quantitative estimate of drug-likeness (QED) is 0.359. The van der Waals surface area contributed by atoms with Gasteiger partial charge in [-0.1, -0.05) is 18.2 Å². The molecular formula is C23H22N4O4. The van der Waals surface area contributed by atoms with Crippen molar-refractivity contribution in [3.63, 3.8) is 0 Å². The Kier molecular flexibility index (Phi) is 6.80. The van der Waals surface area contributed by atoms with E-state index >= 15 is 0 Å². The monoisotopic (exact) mass is 418 g/mol. The van der Waals surface area contributed by atoms with E-state index in [1.54, 1.807) is 24.4 Å². The summed E-state index contributed by atoms with van der Waals surface area (Å²) in [5.74, 6) is -0.111.